The Morgan fingerprint density at radius 2 is 1.90 bits per heavy atom. The SMILES string of the molecule is COc1ccc(C(C)OC[C@H]2O[C@@H](n3cnc4c(N)ncnc43)[C@H](O)[C@@H]2O)cc1OC. The van der Waals surface area contributed by atoms with Crippen molar-refractivity contribution in [3.63, 3.8) is 0 Å². The number of hydrogen-bond acceptors (Lipinski definition) is 10. The molecule has 31 heavy (non-hydrogen) atoms. The first-order valence-corrected chi connectivity index (χ1v) is 9.72. The van der Waals surface area contributed by atoms with Gasteiger partial charge in [-0.3, -0.25) is 4.57 Å². The van der Waals surface area contributed by atoms with E-state index in [1.54, 1.807) is 20.3 Å². The van der Waals surface area contributed by atoms with E-state index in [0.29, 0.717) is 22.7 Å². The monoisotopic (exact) mass is 431 g/mol. The molecule has 2 aromatic heterocycles. The predicted molar refractivity (Wildman–Crippen MR) is 110 cm³/mol. The van der Waals surface area contributed by atoms with Gasteiger partial charge in [0.15, 0.2) is 29.2 Å². The number of ether oxygens (including phenoxy) is 4. The summed E-state index contributed by atoms with van der Waals surface area (Å²) in [5, 5.41) is 21.1. The molecular weight excluding hydrogens is 406 g/mol. The summed E-state index contributed by atoms with van der Waals surface area (Å²) in [6.45, 7) is 1.94. The molecule has 4 rings (SSSR count). The first-order chi connectivity index (χ1) is 14.9. The number of nitrogens with two attached hydrogens (primary N) is 1. The summed E-state index contributed by atoms with van der Waals surface area (Å²) >= 11 is 0. The average molecular weight is 431 g/mol. The summed E-state index contributed by atoms with van der Waals surface area (Å²) in [4.78, 5) is 12.2. The summed E-state index contributed by atoms with van der Waals surface area (Å²) in [6, 6.07) is 5.50. The summed E-state index contributed by atoms with van der Waals surface area (Å²) in [5.74, 6) is 1.44. The van der Waals surface area contributed by atoms with Crippen LogP contribution in [0, 0.1) is 0 Å². The van der Waals surface area contributed by atoms with Crippen molar-refractivity contribution >= 4 is 17.0 Å². The number of hydrogen-bond donors (Lipinski definition) is 3. The van der Waals surface area contributed by atoms with Crippen molar-refractivity contribution in [3.05, 3.63) is 36.4 Å². The van der Waals surface area contributed by atoms with Gasteiger partial charge in [0.25, 0.3) is 0 Å². The molecule has 1 aliphatic rings. The Morgan fingerprint density at radius 3 is 2.65 bits per heavy atom. The first kappa shape index (κ1) is 21.2. The summed E-state index contributed by atoms with van der Waals surface area (Å²) < 4.78 is 23.9. The Balaban J connectivity index is 1.45. The second kappa shape index (κ2) is 8.63. The van der Waals surface area contributed by atoms with E-state index in [9.17, 15) is 10.2 Å². The van der Waals surface area contributed by atoms with Gasteiger partial charge >= 0.3 is 0 Å². The predicted octanol–water partition coefficient (Wildman–Crippen LogP) is 0.823. The Morgan fingerprint density at radius 1 is 1.13 bits per heavy atom. The fourth-order valence-electron chi connectivity index (χ4n) is 3.59. The molecule has 0 amide bonds. The molecule has 0 radical (unpaired) electrons. The smallest absolute Gasteiger partial charge is 0.167 e. The van der Waals surface area contributed by atoms with E-state index in [2.05, 4.69) is 15.0 Å². The van der Waals surface area contributed by atoms with Gasteiger partial charge in [-0.05, 0) is 24.6 Å². The van der Waals surface area contributed by atoms with Gasteiger partial charge in [0.1, 0.15) is 30.2 Å². The van der Waals surface area contributed by atoms with Gasteiger partial charge in [0, 0.05) is 0 Å². The maximum absolute atomic E-state index is 10.6. The Hall–Kier alpha value is -2.99. The van der Waals surface area contributed by atoms with Crippen LogP contribution >= 0.6 is 0 Å². The molecule has 1 unspecified atom stereocenters. The Labute approximate surface area is 178 Å². The molecule has 3 heterocycles. The average Bonchev–Trinajstić information content (AvgIpc) is 3.33. The van der Waals surface area contributed by atoms with Crippen molar-refractivity contribution in [1.29, 1.82) is 0 Å². The lowest BCUT2D eigenvalue weighted by Gasteiger charge is -2.20. The van der Waals surface area contributed by atoms with Crippen LogP contribution in [0.15, 0.2) is 30.9 Å². The summed E-state index contributed by atoms with van der Waals surface area (Å²) in [7, 11) is 3.14. The number of aromatic nitrogens is 4. The van der Waals surface area contributed by atoms with Crippen molar-refractivity contribution in [2.24, 2.45) is 0 Å². The van der Waals surface area contributed by atoms with Gasteiger partial charge in [-0.15, -0.1) is 0 Å². The summed E-state index contributed by atoms with van der Waals surface area (Å²) in [6.07, 6.45) is -1.55. The molecule has 166 valence electrons. The maximum Gasteiger partial charge on any atom is 0.167 e. The minimum Gasteiger partial charge on any atom is -0.493 e. The van der Waals surface area contributed by atoms with Crippen molar-refractivity contribution < 1.29 is 29.2 Å². The third-order valence-electron chi connectivity index (χ3n) is 5.39. The molecule has 1 aromatic carbocycles. The van der Waals surface area contributed by atoms with E-state index < -0.39 is 24.5 Å². The van der Waals surface area contributed by atoms with Crippen LogP contribution in [0.3, 0.4) is 0 Å². The molecule has 3 aromatic rings. The largest absolute Gasteiger partial charge is 0.493 e. The standard InChI is InChI=1S/C20H25N5O6/c1-10(11-4-5-12(28-2)13(6-11)29-3)30-7-14-16(26)17(27)20(31-14)25-9-24-15-18(21)22-8-23-19(15)25/h4-6,8-10,14,16-17,20,26-27H,7H2,1-3H3,(H2,21,22,23)/t10?,14-,16-,17-,20-/m1/s1. The second-order valence-corrected chi connectivity index (χ2v) is 7.22. The highest BCUT2D eigenvalue weighted by Gasteiger charge is 2.44. The van der Waals surface area contributed by atoms with Crippen LogP contribution in [0.2, 0.25) is 0 Å². The quantitative estimate of drug-likeness (QED) is 0.491. The molecule has 4 N–H and O–H groups in total. The van der Waals surface area contributed by atoms with Crippen molar-refractivity contribution in [2.45, 2.75) is 37.6 Å². The zero-order valence-corrected chi connectivity index (χ0v) is 17.4. The van der Waals surface area contributed by atoms with Gasteiger partial charge in [0.05, 0.1) is 33.3 Å². The van der Waals surface area contributed by atoms with E-state index in [4.69, 9.17) is 24.7 Å². The van der Waals surface area contributed by atoms with E-state index in [0.717, 1.165) is 5.56 Å². The van der Waals surface area contributed by atoms with Gasteiger partial charge in [-0.25, -0.2) is 15.0 Å². The molecule has 11 heteroatoms. The van der Waals surface area contributed by atoms with E-state index in [1.807, 2.05) is 19.1 Å². The maximum atomic E-state index is 10.6. The third kappa shape index (κ3) is 3.88. The van der Waals surface area contributed by atoms with Crippen LogP contribution in [0.25, 0.3) is 11.2 Å². The van der Waals surface area contributed by atoms with Gasteiger partial charge in [-0.1, -0.05) is 6.07 Å². The van der Waals surface area contributed by atoms with Crippen LogP contribution < -0.4 is 15.2 Å². The van der Waals surface area contributed by atoms with Crippen LogP contribution in [0.4, 0.5) is 5.82 Å². The number of methoxy groups -OCH3 is 2. The number of imidazole rings is 1. The highest BCUT2D eigenvalue weighted by atomic mass is 16.6. The fraction of sp³-hybridized carbons (Fsp3) is 0.450. The molecule has 1 fully saturated rings. The third-order valence-corrected chi connectivity index (χ3v) is 5.39. The molecule has 0 bridgehead atoms. The van der Waals surface area contributed by atoms with Crippen LogP contribution in [-0.4, -0.2) is 68.9 Å². The lowest BCUT2D eigenvalue weighted by molar-refractivity contribution is -0.0788. The molecule has 0 spiro atoms. The first-order valence-electron chi connectivity index (χ1n) is 9.72. The lowest BCUT2D eigenvalue weighted by Crippen LogP contribution is -2.34. The van der Waals surface area contributed by atoms with Crippen molar-refractivity contribution in [1.82, 2.24) is 19.5 Å². The van der Waals surface area contributed by atoms with Crippen molar-refractivity contribution in [2.75, 3.05) is 26.6 Å². The number of aliphatic hydroxyl groups excluding tert-OH is 2. The normalized spacial score (nSPS) is 24.4. The number of nitrogens with zero attached hydrogens (tertiary/aromatic N) is 4. The zero-order valence-electron chi connectivity index (χ0n) is 17.4. The summed E-state index contributed by atoms with van der Waals surface area (Å²) in [5.41, 5.74) is 7.49. The lowest BCUT2D eigenvalue weighted by atomic mass is 10.1. The van der Waals surface area contributed by atoms with E-state index in [1.165, 1.54) is 17.2 Å². The number of nitrogen functional groups attached to an aromatic ring is 1. The highest BCUT2D eigenvalue weighted by Crippen LogP contribution is 2.34. The van der Waals surface area contributed by atoms with Crippen LogP contribution in [0.5, 0.6) is 11.5 Å². The minimum absolute atomic E-state index is 0.0635. The van der Waals surface area contributed by atoms with Gasteiger partial charge in [-0.2, -0.15) is 0 Å². The number of aliphatic hydroxyl groups is 2. The number of fused-ring (bicyclic) bond motifs is 1. The number of rotatable bonds is 7. The van der Waals surface area contributed by atoms with Crippen molar-refractivity contribution in [3.8, 4) is 11.5 Å². The molecule has 0 saturated carbocycles. The Kier molecular flexibility index (Phi) is 5.92. The zero-order chi connectivity index (χ0) is 22.1. The molecular formula is C20H25N5O6. The molecule has 5 atom stereocenters. The van der Waals surface area contributed by atoms with E-state index in [-0.39, 0.29) is 18.5 Å². The fourth-order valence-corrected chi connectivity index (χ4v) is 3.59. The second-order valence-electron chi connectivity index (χ2n) is 7.22. The number of anilines is 1. The molecule has 1 saturated heterocycles. The van der Waals surface area contributed by atoms with Gasteiger partial charge < -0.3 is 34.9 Å². The topological polar surface area (TPSA) is 147 Å². The molecule has 11 nitrogen and oxygen atoms in total. The van der Waals surface area contributed by atoms with Gasteiger partial charge in [0.2, 0.25) is 0 Å². The molecule has 0 aliphatic carbocycles. The Bertz CT molecular complexity index is 1060. The van der Waals surface area contributed by atoms with Crippen LogP contribution in [-0.2, 0) is 9.47 Å². The highest BCUT2D eigenvalue weighted by molar-refractivity contribution is 5.81. The number of benzene rings is 1. The van der Waals surface area contributed by atoms with Crippen LogP contribution in [0.1, 0.15) is 24.8 Å². The minimum atomic E-state index is -1.20. The van der Waals surface area contributed by atoms with E-state index >= 15 is 0 Å². The molecule has 1 aliphatic heterocycles.